The van der Waals surface area contributed by atoms with Gasteiger partial charge in [0.05, 0.1) is 17.1 Å². The molecule has 0 heterocycles. The van der Waals surface area contributed by atoms with E-state index in [2.05, 4.69) is 5.32 Å². The highest BCUT2D eigenvalue weighted by Gasteiger charge is 2.13. The standard InChI is InChI=1S/C23H19Cl2NO3/c24-18-10-11-21(20(25)13-18)26-23(29)7-3-6-19(27)14-22(28)17-9-8-15-4-1-2-5-16(15)12-17/h1-2,4-5,8-13H,3,6-7,14H2,(H,26,29). The molecule has 3 rings (SSSR count). The molecule has 148 valence electrons. The minimum atomic E-state index is -0.247. The zero-order valence-electron chi connectivity index (χ0n) is 15.6. The van der Waals surface area contributed by atoms with Crippen molar-refractivity contribution in [3.63, 3.8) is 0 Å². The summed E-state index contributed by atoms with van der Waals surface area (Å²) in [7, 11) is 0. The Bertz CT molecular complexity index is 1080. The van der Waals surface area contributed by atoms with E-state index in [4.69, 9.17) is 23.2 Å². The Balaban J connectivity index is 1.46. The fraction of sp³-hybridized carbons (Fsp3) is 0.174. The van der Waals surface area contributed by atoms with Crippen LogP contribution in [-0.2, 0) is 9.59 Å². The third-order valence-electron chi connectivity index (χ3n) is 4.49. The van der Waals surface area contributed by atoms with E-state index in [9.17, 15) is 14.4 Å². The number of hydrogen-bond acceptors (Lipinski definition) is 3. The van der Waals surface area contributed by atoms with Crippen LogP contribution < -0.4 is 5.32 Å². The Morgan fingerprint density at radius 1 is 0.828 bits per heavy atom. The van der Waals surface area contributed by atoms with E-state index in [1.165, 1.54) is 0 Å². The van der Waals surface area contributed by atoms with Crippen LogP contribution in [0.15, 0.2) is 60.7 Å². The van der Waals surface area contributed by atoms with Gasteiger partial charge in [0.15, 0.2) is 5.78 Å². The third kappa shape index (κ3) is 5.89. The summed E-state index contributed by atoms with van der Waals surface area (Å²) >= 11 is 11.8. The van der Waals surface area contributed by atoms with Crippen molar-refractivity contribution in [2.75, 3.05) is 5.32 Å². The second kappa shape index (κ2) is 9.68. The molecule has 0 atom stereocenters. The molecule has 0 saturated carbocycles. The molecule has 6 heteroatoms. The molecular weight excluding hydrogens is 409 g/mol. The van der Waals surface area contributed by atoms with Gasteiger partial charge in [0.25, 0.3) is 0 Å². The van der Waals surface area contributed by atoms with Crippen molar-refractivity contribution in [2.45, 2.75) is 25.7 Å². The third-order valence-corrected chi connectivity index (χ3v) is 5.04. The molecule has 3 aromatic rings. The van der Waals surface area contributed by atoms with Gasteiger partial charge in [-0.3, -0.25) is 14.4 Å². The summed E-state index contributed by atoms with van der Waals surface area (Å²) in [5.41, 5.74) is 0.992. The van der Waals surface area contributed by atoms with Gasteiger partial charge in [0.2, 0.25) is 5.91 Å². The first kappa shape index (κ1) is 21.0. The van der Waals surface area contributed by atoms with E-state index in [0.717, 1.165) is 10.8 Å². The summed E-state index contributed by atoms with van der Waals surface area (Å²) in [4.78, 5) is 36.5. The summed E-state index contributed by atoms with van der Waals surface area (Å²) in [5, 5.41) is 5.52. The molecule has 0 radical (unpaired) electrons. The number of rotatable bonds is 8. The first-order valence-corrected chi connectivity index (χ1v) is 9.96. The van der Waals surface area contributed by atoms with Crippen molar-refractivity contribution in [2.24, 2.45) is 0 Å². The molecule has 0 fully saturated rings. The molecule has 0 aliphatic rings. The lowest BCUT2D eigenvalue weighted by Crippen LogP contribution is -2.13. The highest BCUT2D eigenvalue weighted by Crippen LogP contribution is 2.25. The zero-order chi connectivity index (χ0) is 20.8. The molecule has 0 unspecified atom stereocenters. The van der Waals surface area contributed by atoms with Crippen LogP contribution in [0.1, 0.15) is 36.0 Å². The number of ketones is 2. The second-order valence-corrected chi connectivity index (χ2v) is 7.57. The Kier molecular flexibility index (Phi) is 7.02. The Labute approximate surface area is 178 Å². The van der Waals surface area contributed by atoms with Crippen molar-refractivity contribution in [1.29, 1.82) is 0 Å². The van der Waals surface area contributed by atoms with Crippen LogP contribution in [0.25, 0.3) is 10.8 Å². The van der Waals surface area contributed by atoms with E-state index >= 15 is 0 Å². The molecule has 0 aliphatic heterocycles. The molecule has 29 heavy (non-hydrogen) atoms. The van der Waals surface area contributed by atoms with E-state index in [-0.39, 0.29) is 36.7 Å². The van der Waals surface area contributed by atoms with Gasteiger partial charge in [0.1, 0.15) is 5.78 Å². The summed E-state index contributed by atoms with van der Waals surface area (Å²) in [6.07, 6.45) is 0.528. The first-order chi connectivity index (χ1) is 13.9. The lowest BCUT2D eigenvalue weighted by atomic mass is 10.00. The molecular formula is C23H19Cl2NO3. The first-order valence-electron chi connectivity index (χ1n) is 9.21. The summed E-state index contributed by atoms with van der Waals surface area (Å²) in [6, 6.07) is 17.9. The number of Topliss-reactive ketones (excluding diaryl/α,β-unsaturated/α-hetero) is 2. The summed E-state index contributed by atoms with van der Waals surface area (Å²) in [6.45, 7) is 0. The monoisotopic (exact) mass is 427 g/mol. The van der Waals surface area contributed by atoms with Crippen molar-refractivity contribution >= 4 is 57.1 Å². The number of nitrogens with one attached hydrogen (secondary N) is 1. The summed E-state index contributed by atoms with van der Waals surface area (Å²) < 4.78 is 0. The number of benzene rings is 3. The lowest BCUT2D eigenvalue weighted by Gasteiger charge is -2.07. The van der Waals surface area contributed by atoms with Gasteiger partial charge in [0, 0.05) is 23.4 Å². The lowest BCUT2D eigenvalue weighted by molar-refractivity contribution is -0.118. The van der Waals surface area contributed by atoms with Crippen LogP contribution in [0.3, 0.4) is 0 Å². The number of carbonyl (C=O) groups is 3. The molecule has 0 aromatic heterocycles. The maximum atomic E-state index is 12.4. The molecule has 1 amide bonds. The second-order valence-electron chi connectivity index (χ2n) is 6.73. The Morgan fingerprint density at radius 2 is 1.59 bits per heavy atom. The van der Waals surface area contributed by atoms with Gasteiger partial charge < -0.3 is 5.32 Å². The van der Waals surface area contributed by atoms with Crippen molar-refractivity contribution in [1.82, 2.24) is 0 Å². The van der Waals surface area contributed by atoms with Crippen molar-refractivity contribution in [3.05, 3.63) is 76.3 Å². The van der Waals surface area contributed by atoms with Gasteiger partial charge in [-0.15, -0.1) is 0 Å². The highest BCUT2D eigenvalue weighted by molar-refractivity contribution is 6.36. The predicted octanol–water partition coefficient (Wildman–Crippen LogP) is 6.10. The average Bonchev–Trinajstić information content (AvgIpc) is 2.69. The van der Waals surface area contributed by atoms with Crippen LogP contribution in [0, 0.1) is 0 Å². The van der Waals surface area contributed by atoms with E-state index in [1.54, 1.807) is 30.3 Å². The van der Waals surface area contributed by atoms with Gasteiger partial charge >= 0.3 is 0 Å². The van der Waals surface area contributed by atoms with Crippen LogP contribution >= 0.6 is 23.2 Å². The maximum Gasteiger partial charge on any atom is 0.224 e. The number of anilines is 1. The minimum absolute atomic E-state index is 0.162. The number of hydrogen-bond donors (Lipinski definition) is 1. The number of halogens is 2. The predicted molar refractivity (Wildman–Crippen MR) is 117 cm³/mol. The molecule has 0 aliphatic carbocycles. The van der Waals surface area contributed by atoms with E-state index in [0.29, 0.717) is 27.7 Å². The van der Waals surface area contributed by atoms with Crippen LogP contribution in [0.5, 0.6) is 0 Å². The highest BCUT2D eigenvalue weighted by atomic mass is 35.5. The van der Waals surface area contributed by atoms with E-state index in [1.807, 2.05) is 30.3 Å². The fourth-order valence-corrected chi connectivity index (χ4v) is 3.44. The van der Waals surface area contributed by atoms with Gasteiger partial charge in [-0.2, -0.15) is 0 Å². The smallest absolute Gasteiger partial charge is 0.224 e. The molecule has 1 N–H and O–H groups in total. The average molecular weight is 428 g/mol. The van der Waals surface area contributed by atoms with Crippen LogP contribution in [-0.4, -0.2) is 17.5 Å². The van der Waals surface area contributed by atoms with E-state index < -0.39 is 0 Å². The van der Waals surface area contributed by atoms with Gasteiger partial charge in [-0.05, 0) is 41.5 Å². The molecule has 0 bridgehead atoms. The Morgan fingerprint density at radius 3 is 2.34 bits per heavy atom. The zero-order valence-corrected chi connectivity index (χ0v) is 17.1. The topological polar surface area (TPSA) is 63.2 Å². The number of fused-ring (bicyclic) bond motifs is 1. The van der Waals surface area contributed by atoms with Crippen molar-refractivity contribution < 1.29 is 14.4 Å². The SMILES string of the molecule is O=C(CCCC(=O)Nc1ccc(Cl)cc1Cl)CC(=O)c1ccc2ccccc2c1. The maximum absolute atomic E-state index is 12.4. The van der Waals surface area contributed by atoms with Crippen LogP contribution in [0.2, 0.25) is 10.0 Å². The number of amides is 1. The van der Waals surface area contributed by atoms with Gasteiger partial charge in [-0.1, -0.05) is 59.6 Å². The fourth-order valence-electron chi connectivity index (χ4n) is 2.98. The summed E-state index contributed by atoms with van der Waals surface area (Å²) in [5.74, 6) is -0.637. The molecule has 4 nitrogen and oxygen atoms in total. The quantitative estimate of drug-likeness (QED) is 0.349. The molecule has 0 saturated heterocycles. The van der Waals surface area contributed by atoms with Crippen LogP contribution in [0.4, 0.5) is 5.69 Å². The normalized spacial score (nSPS) is 10.7. The molecule has 0 spiro atoms. The number of carbonyl (C=O) groups excluding carboxylic acids is 3. The van der Waals surface area contributed by atoms with Crippen molar-refractivity contribution in [3.8, 4) is 0 Å². The van der Waals surface area contributed by atoms with Gasteiger partial charge in [-0.25, -0.2) is 0 Å². The Hall–Kier alpha value is -2.69. The largest absolute Gasteiger partial charge is 0.325 e. The minimum Gasteiger partial charge on any atom is -0.325 e. The molecule has 3 aromatic carbocycles.